The number of hydrogen-bond donors (Lipinski definition) is 1. The molecule has 0 bridgehead atoms. The summed E-state index contributed by atoms with van der Waals surface area (Å²) in [5, 5.41) is 4.41. The van der Waals surface area contributed by atoms with Gasteiger partial charge in [0.05, 0.1) is 6.04 Å². The van der Waals surface area contributed by atoms with Crippen LogP contribution >= 0.6 is 23.2 Å². The number of para-hydroxylation sites is 1. The quantitative estimate of drug-likeness (QED) is 0.627. The van der Waals surface area contributed by atoms with Crippen molar-refractivity contribution in [2.24, 2.45) is 0 Å². The van der Waals surface area contributed by atoms with E-state index in [1.807, 2.05) is 30.3 Å². The molecule has 0 aliphatic carbocycles. The fraction of sp³-hybridized carbons (Fsp3) is 0.409. The third-order valence-electron chi connectivity index (χ3n) is 5.46. The predicted molar refractivity (Wildman–Crippen MR) is 111 cm³/mol. The first kappa shape index (κ1) is 20.0. The summed E-state index contributed by atoms with van der Waals surface area (Å²) in [7, 11) is 0. The summed E-state index contributed by atoms with van der Waals surface area (Å²) >= 11 is 12.1. The third kappa shape index (κ3) is 4.59. The van der Waals surface area contributed by atoms with E-state index in [0.717, 1.165) is 36.1 Å². The molecule has 0 aromatic heterocycles. The van der Waals surface area contributed by atoms with Crippen LogP contribution in [0.15, 0.2) is 42.5 Å². The van der Waals surface area contributed by atoms with Crippen molar-refractivity contribution in [1.29, 1.82) is 0 Å². The van der Waals surface area contributed by atoms with Crippen molar-refractivity contribution in [3.05, 3.63) is 63.6 Å². The average Bonchev–Trinajstić information content (AvgIpc) is 2.67. The molecule has 0 saturated heterocycles. The summed E-state index contributed by atoms with van der Waals surface area (Å²) in [5.74, 6) is 0.891. The van der Waals surface area contributed by atoms with Crippen LogP contribution in [-0.2, 0) is 11.2 Å². The topological polar surface area (TPSA) is 38.3 Å². The molecule has 3 nitrogen and oxygen atoms in total. The average molecular weight is 406 g/mol. The van der Waals surface area contributed by atoms with Crippen LogP contribution in [-0.4, -0.2) is 11.5 Å². The number of amides is 1. The molecule has 0 fully saturated rings. The van der Waals surface area contributed by atoms with Crippen molar-refractivity contribution in [1.82, 2.24) is 5.32 Å². The Kier molecular flexibility index (Phi) is 6.33. The highest BCUT2D eigenvalue weighted by Crippen LogP contribution is 2.42. The van der Waals surface area contributed by atoms with E-state index in [4.69, 9.17) is 27.9 Å². The Morgan fingerprint density at radius 2 is 1.93 bits per heavy atom. The van der Waals surface area contributed by atoms with Gasteiger partial charge in [-0.15, -0.1) is 0 Å². The summed E-state index contributed by atoms with van der Waals surface area (Å²) in [6.07, 6.45) is 3.56. The number of rotatable bonds is 6. The molecule has 2 aromatic rings. The lowest BCUT2D eigenvalue weighted by Crippen LogP contribution is -2.44. The van der Waals surface area contributed by atoms with Gasteiger partial charge in [-0.1, -0.05) is 61.3 Å². The molecular formula is C22H25Cl2NO2. The zero-order chi connectivity index (χ0) is 19.4. The molecule has 1 amide bonds. The molecule has 144 valence electrons. The minimum atomic E-state index is -0.230. The molecule has 27 heavy (non-hydrogen) atoms. The second-order valence-electron chi connectivity index (χ2n) is 7.09. The van der Waals surface area contributed by atoms with Gasteiger partial charge in [0.2, 0.25) is 5.91 Å². The number of fused-ring (bicyclic) bond motifs is 1. The maximum Gasteiger partial charge on any atom is 0.220 e. The van der Waals surface area contributed by atoms with Gasteiger partial charge in [-0.25, -0.2) is 0 Å². The molecule has 1 heterocycles. The van der Waals surface area contributed by atoms with E-state index in [-0.39, 0.29) is 17.6 Å². The Balaban J connectivity index is 1.70. The number of ether oxygens (including phenoxy) is 1. The van der Waals surface area contributed by atoms with Gasteiger partial charge in [0.25, 0.3) is 0 Å². The van der Waals surface area contributed by atoms with E-state index in [9.17, 15) is 4.79 Å². The molecule has 2 aromatic carbocycles. The van der Waals surface area contributed by atoms with Crippen LogP contribution in [0.3, 0.4) is 0 Å². The molecule has 1 atom stereocenters. The first-order valence-corrected chi connectivity index (χ1v) is 10.2. The molecule has 1 N–H and O–H groups in total. The lowest BCUT2D eigenvalue weighted by Gasteiger charge is -2.41. The number of halogens is 2. The van der Waals surface area contributed by atoms with Gasteiger partial charge in [0.1, 0.15) is 11.4 Å². The maximum atomic E-state index is 12.6. The number of carbonyl (C=O) groups excluding carboxylic acids is 1. The highest BCUT2D eigenvalue weighted by atomic mass is 35.5. The highest BCUT2D eigenvalue weighted by Gasteiger charge is 2.38. The van der Waals surface area contributed by atoms with Gasteiger partial charge < -0.3 is 10.1 Å². The fourth-order valence-corrected chi connectivity index (χ4v) is 4.17. The van der Waals surface area contributed by atoms with Crippen LogP contribution in [0, 0.1) is 0 Å². The molecule has 0 unspecified atom stereocenters. The van der Waals surface area contributed by atoms with Crippen molar-refractivity contribution in [3.63, 3.8) is 0 Å². The smallest absolute Gasteiger partial charge is 0.220 e. The Morgan fingerprint density at radius 1 is 1.19 bits per heavy atom. The first-order valence-electron chi connectivity index (χ1n) is 9.47. The van der Waals surface area contributed by atoms with Gasteiger partial charge >= 0.3 is 0 Å². The number of aryl methyl sites for hydroxylation is 1. The minimum Gasteiger partial charge on any atom is -0.487 e. The molecule has 3 rings (SSSR count). The molecule has 1 aliphatic rings. The van der Waals surface area contributed by atoms with Crippen LogP contribution in [0.2, 0.25) is 10.0 Å². The van der Waals surface area contributed by atoms with E-state index in [1.165, 1.54) is 0 Å². The van der Waals surface area contributed by atoms with Crippen molar-refractivity contribution in [3.8, 4) is 5.75 Å². The monoisotopic (exact) mass is 405 g/mol. The molecule has 1 aliphatic heterocycles. The molecule has 0 radical (unpaired) electrons. The SMILES string of the molecule is CCC1(CC)C[C@@H](NC(=O)CCc2ccc(Cl)cc2Cl)c2ccccc2O1. The Labute approximate surface area is 171 Å². The summed E-state index contributed by atoms with van der Waals surface area (Å²) in [6, 6.07) is 13.3. The second kappa shape index (κ2) is 8.53. The predicted octanol–water partition coefficient (Wildman–Crippen LogP) is 6.12. The lowest BCUT2D eigenvalue weighted by atomic mass is 9.83. The van der Waals surface area contributed by atoms with Crippen molar-refractivity contribution in [2.75, 3.05) is 0 Å². The summed E-state index contributed by atoms with van der Waals surface area (Å²) < 4.78 is 6.30. The first-order chi connectivity index (χ1) is 13.0. The van der Waals surface area contributed by atoms with Gasteiger partial charge in [-0.2, -0.15) is 0 Å². The standard InChI is InChI=1S/C22H25Cl2NO2/c1-3-22(4-2)14-19(17-7-5-6-8-20(17)27-22)25-21(26)12-10-15-9-11-16(23)13-18(15)24/h5-9,11,13,19H,3-4,10,12,14H2,1-2H3,(H,25,26)/t19-/m1/s1. The van der Waals surface area contributed by atoms with Crippen LogP contribution in [0.5, 0.6) is 5.75 Å². The van der Waals surface area contributed by atoms with E-state index >= 15 is 0 Å². The molecule has 0 spiro atoms. The van der Waals surface area contributed by atoms with E-state index in [2.05, 4.69) is 19.2 Å². The number of nitrogens with one attached hydrogen (secondary N) is 1. The molecular weight excluding hydrogens is 381 g/mol. The third-order valence-corrected chi connectivity index (χ3v) is 6.04. The van der Waals surface area contributed by atoms with E-state index < -0.39 is 0 Å². The number of hydrogen-bond acceptors (Lipinski definition) is 2. The summed E-state index contributed by atoms with van der Waals surface area (Å²) in [5.41, 5.74) is 1.75. The summed E-state index contributed by atoms with van der Waals surface area (Å²) in [6.45, 7) is 4.28. The molecule has 0 saturated carbocycles. The fourth-order valence-electron chi connectivity index (χ4n) is 3.67. The normalized spacial score (nSPS) is 17.7. The van der Waals surface area contributed by atoms with Crippen LogP contribution in [0.1, 0.15) is 56.7 Å². The van der Waals surface area contributed by atoms with Crippen molar-refractivity contribution >= 4 is 29.1 Å². The van der Waals surface area contributed by atoms with Crippen molar-refractivity contribution in [2.45, 2.75) is 57.6 Å². The van der Waals surface area contributed by atoms with Gasteiger partial charge in [0, 0.05) is 28.5 Å². The van der Waals surface area contributed by atoms with Gasteiger partial charge in [-0.3, -0.25) is 4.79 Å². The molecule has 5 heteroatoms. The lowest BCUT2D eigenvalue weighted by molar-refractivity contribution is -0.122. The Hall–Kier alpha value is -1.71. The summed E-state index contributed by atoms with van der Waals surface area (Å²) in [4.78, 5) is 12.6. The van der Waals surface area contributed by atoms with E-state index in [0.29, 0.717) is 22.9 Å². The second-order valence-corrected chi connectivity index (χ2v) is 7.93. The number of carbonyl (C=O) groups is 1. The van der Waals surface area contributed by atoms with Gasteiger partial charge in [-0.05, 0) is 43.0 Å². The van der Waals surface area contributed by atoms with E-state index in [1.54, 1.807) is 12.1 Å². The van der Waals surface area contributed by atoms with Crippen LogP contribution in [0.4, 0.5) is 0 Å². The minimum absolute atomic E-state index is 0.0174. The Bertz CT molecular complexity index is 818. The van der Waals surface area contributed by atoms with Gasteiger partial charge in [0.15, 0.2) is 0 Å². The zero-order valence-electron chi connectivity index (χ0n) is 15.7. The largest absolute Gasteiger partial charge is 0.487 e. The number of benzene rings is 2. The Morgan fingerprint density at radius 3 is 2.63 bits per heavy atom. The van der Waals surface area contributed by atoms with Crippen LogP contribution < -0.4 is 10.1 Å². The van der Waals surface area contributed by atoms with Crippen LogP contribution in [0.25, 0.3) is 0 Å². The zero-order valence-corrected chi connectivity index (χ0v) is 17.2. The maximum absolute atomic E-state index is 12.6. The highest BCUT2D eigenvalue weighted by molar-refractivity contribution is 6.35. The van der Waals surface area contributed by atoms with Crippen molar-refractivity contribution < 1.29 is 9.53 Å².